The van der Waals surface area contributed by atoms with Crippen molar-refractivity contribution in [1.29, 1.82) is 0 Å². The number of anilines is 1. The number of nitrogens with one attached hydrogen (secondary N) is 2. The Bertz CT molecular complexity index is 449. The minimum Gasteiger partial charge on any atom is -0.335 e. The molecule has 23 heavy (non-hydrogen) atoms. The molecule has 4 heteroatoms. The number of carbonyl (C=O) groups is 1. The summed E-state index contributed by atoms with van der Waals surface area (Å²) in [7, 11) is 0. The predicted molar refractivity (Wildman–Crippen MR) is 93.1 cm³/mol. The van der Waals surface area contributed by atoms with E-state index in [4.69, 9.17) is 0 Å². The molecule has 1 saturated carbocycles. The first-order chi connectivity index (χ1) is 11.2. The van der Waals surface area contributed by atoms with E-state index in [2.05, 4.69) is 10.6 Å². The molecule has 3 nitrogen and oxygen atoms in total. The summed E-state index contributed by atoms with van der Waals surface area (Å²) < 4.78 is 12.9. The molecule has 1 aliphatic rings. The third-order valence-electron chi connectivity index (χ3n) is 4.54. The Labute approximate surface area is 139 Å². The van der Waals surface area contributed by atoms with E-state index in [0.29, 0.717) is 5.69 Å². The summed E-state index contributed by atoms with van der Waals surface area (Å²) in [6, 6.07) is 5.92. The molecule has 0 saturated heterocycles. The summed E-state index contributed by atoms with van der Waals surface area (Å²) in [5, 5.41) is 5.88. The Morgan fingerprint density at radius 2 is 1.30 bits per heavy atom. The van der Waals surface area contributed by atoms with Gasteiger partial charge < -0.3 is 10.6 Å². The second kappa shape index (κ2) is 10.2. The first kappa shape index (κ1) is 17.8. The maximum Gasteiger partial charge on any atom is 0.319 e. The summed E-state index contributed by atoms with van der Waals surface area (Å²) in [4.78, 5) is 12.1. The zero-order valence-electron chi connectivity index (χ0n) is 14.0. The van der Waals surface area contributed by atoms with Crippen molar-refractivity contribution >= 4 is 11.7 Å². The van der Waals surface area contributed by atoms with Crippen LogP contribution in [0.1, 0.15) is 70.6 Å². The van der Waals surface area contributed by atoms with E-state index in [9.17, 15) is 9.18 Å². The molecule has 0 aliphatic heterocycles. The Kier molecular flexibility index (Phi) is 7.91. The molecule has 1 aliphatic carbocycles. The van der Waals surface area contributed by atoms with E-state index in [1.54, 1.807) is 12.1 Å². The Balaban J connectivity index is 1.79. The zero-order valence-corrected chi connectivity index (χ0v) is 14.0. The molecule has 0 spiro atoms. The van der Waals surface area contributed by atoms with Gasteiger partial charge in [0, 0.05) is 11.7 Å². The summed E-state index contributed by atoms with van der Waals surface area (Å²) in [6.07, 6.45) is 13.7. The lowest BCUT2D eigenvalue weighted by Crippen LogP contribution is -2.38. The Hall–Kier alpha value is -1.58. The summed E-state index contributed by atoms with van der Waals surface area (Å²) in [5.74, 6) is -0.296. The van der Waals surface area contributed by atoms with Crippen LogP contribution >= 0.6 is 0 Å². The molecule has 2 amide bonds. The number of halogens is 1. The first-order valence-electron chi connectivity index (χ1n) is 9.07. The Morgan fingerprint density at radius 1 is 0.826 bits per heavy atom. The van der Waals surface area contributed by atoms with E-state index in [1.165, 1.54) is 69.9 Å². The highest BCUT2D eigenvalue weighted by molar-refractivity contribution is 5.89. The molecule has 0 radical (unpaired) electrons. The fraction of sp³-hybridized carbons (Fsp3) is 0.632. The fourth-order valence-corrected chi connectivity index (χ4v) is 3.19. The van der Waals surface area contributed by atoms with Crippen molar-refractivity contribution < 1.29 is 9.18 Å². The van der Waals surface area contributed by atoms with Gasteiger partial charge >= 0.3 is 6.03 Å². The molecule has 0 atom stereocenters. The zero-order chi connectivity index (χ0) is 16.3. The van der Waals surface area contributed by atoms with E-state index < -0.39 is 0 Å². The van der Waals surface area contributed by atoms with Gasteiger partial charge in [-0.3, -0.25) is 0 Å². The van der Waals surface area contributed by atoms with Gasteiger partial charge in [-0.25, -0.2) is 9.18 Å². The van der Waals surface area contributed by atoms with Crippen molar-refractivity contribution in [3.05, 3.63) is 30.1 Å². The normalized spacial score (nSPS) is 18.5. The molecule has 0 aromatic heterocycles. The minimum atomic E-state index is -0.296. The van der Waals surface area contributed by atoms with Crippen LogP contribution in [-0.4, -0.2) is 12.1 Å². The van der Waals surface area contributed by atoms with Gasteiger partial charge in [-0.1, -0.05) is 57.8 Å². The molecule has 1 fully saturated rings. The first-order valence-corrected chi connectivity index (χ1v) is 9.07. The third kappa shape index (κ3) is 7.49. The topological polar surface area (TPSA) is 41.1 Å². The van der Waals surface area contributed by atoms with Gasteiger partial charge in [0.2, 0.25) is 0 Å². The van der Waals surface area contributed by atoms with Crippen molar-refractivity contribution in [2.24, 2.45) is 0 Å². The summed E-state index contributed by atoms with van der Waals surface area (Å²) >= 11 is 0. The fourth-order valence-electron chi connectivity index (χ4n) is 3.19. The van der Waals surface area contributed by atoms with Crippen molar-refractivity contribution in [3.63, 3.8) is 0 Å². The Morgan fingerprint density at radius 3 is 1.83 bits per heavy atom. The van der Waals surface area contributed by atoms with E-state index in [-0.39, 0.29) is 17.9 Å². The average molecular weight is 320 g/mol. The quantitative estimate of drug-likeness (QED) is 0.729. The minimum absolute atomic E-state index is 0.186. The van der Waals surface area contributed by atoms with Crippen LogP contribution in [0, 0.1) is 5.82 Å². The summed E-state index contributed by atoms with van der Waals surface area (Å²) in [5.41, 5.74) is 0.622. The maximum atomic E-state index is 12.9. The van der Waals surface area contributed by atoms with Crippen molar-refractivity contribution in [2.75, 3.05) is 5.32 Å². The molecule has 0 heterocycles. The standard InChI is InChI=1S/C19H29FN2O/c20-16-12-14-18(15-13-16)22-19(23)21-17-10-8-6-4-2-1-3-5-7-9-11-17/h12-15,17H,1-11H2,(H2,21,22,23). The van der Waals surface area contributed by atoms with Crippen LogP contribution in [0.2, 0.25) is 0 Å². The van der Waals surface area contributed by atoms with Crippen LogP contribution in [0.3, 0.4) is 0 Å². The van der Waals surface area contributed by atoms with Gasteiger partial charge in [0.25, 0.3) is 0 Å². The molecule has 1 aromatic carbocycles. The monoisotopic (exact) mass is 320 g/mol. The van der Waals surface area contributed by atoms with E-state index >= 15 is 0 Å². The lowest BCUT2D eigenvalue weighted by Gasteiger charge is -2.20. The SMILES string of the molecule is O=C(Nc1ccc(F)cc1)NC1CCCCCCCCCCC1. The molecular formula is C19H29FN2O. The molecule has 0 bridgehead atoms. The number of carbonyl (C=O) groups excluding carboxylic acids is 1. The number of amides is 2. The smallest absolute Gasteiger partial charge is 0.319 e. The van der Waals surface area contributed by atoms with Crippen molar-refractivity contribution in [1.82, 2.24) is 5.32 Å². The number of hydrogen-bond acceptors (Lipinski definition) is 1. The van der Waals surface area contributed by atoms with Crippen LogP contribution in [0.5, 0.6) is 0 Å². The molecule has 1 aromatic rings. The van der Waals surface area contributed by atoms with Crippen molar-refractivity contribution in [2.45, 2.75) is 76.7 Å². The van der Waals surface area contributed by atoms with Gasteiger partial charge in [-0.05, 0) is 37.1 Å². The number of hydrogen-bond donors (Lipinski definition) is 2. The lowest BCUT2D eigenvalue weighted by atomic mass is 9.98. The number of urea groups is 1. The molecule has 2 N–H and O–H groups in total. The van der Waals surface area contributed by atoms with E-state index in [0.717, 1.165) is 12.8 Å². The van der Waals surface area contributed by atoms with Crippen molar-refractivity contribution in [3.8, 4) is 0 Å². The van der Waals surface area contributed by atoms with Crippen LogP contribution in [0.15, 0.2) is 24.3 Å². The number of rotatable bonds is 2. The van der Waals surface area contributed by atoms with Crippen LogP contribution in [0.4, 0.5) is 14.9 Å². The maximum absolute atomic E-state index is 12.9. The predicted octanol–water partition coefficient (Wildman–Crippen LogP) is 5.62. The highest BCUT2D eigenvalue weighted by Crippen LogP contribution is 2.17. The van der Waals surface area contributed by atoms with Crippen LogP contribution < -0.4 is 10.6 Å². The largest absolute Gasteiger partial charge is 0.335 e. The second-order valence-corrected chi connectivity index (χ2v) is 6.56. The molecule has 128 valence electrons. The van der Waals surface area contributed by atoms with Gasteiger partial charge in [0.05, 0.1) is 0 Å². The summed E-state index contributed by atoms with van der Waals surface area (Å²) in [6.45, 7) is 0. The highest BCUT2D eigenvalue weighted by Gasteiger charge is 2.12. The third-order valence-corrected chi connectivity index (χ3v) is 4.54. The molecule has 2 rings (SSSR count). The van der Waals surface area contributed by atoms with Gasteiger partial charge in [-0.2, -0.15) is 0 Å². The lowest BCUT2D eigenvalue weighted by molar-refractivity contribution is 0.246. The molecular weight excluding hydrogens is 291 g/mol. The van der Waals surface area contributed by atoms with Crippen LogP contribution in [-0.2, 0) is 0 Å². The van der Waals surface area contributed by atoms with E-state index in [1.807, 2.05) is 0 Å². The van der Waals surface area contributed by atoms with Crippen LogP contribution in [0.25, 0.3) is 0 Å². The average Bonchev–Trinajstić information content (AvgIpc) is 2.52. The van der Waals surface area contributed by atoms with Gasteiger partial charge in [0.15, 0.2) is 0 Å². The van der Waals surface area contributed by atoms with Gasteiger partial charge in [0.1, 0.15) is 5.82 Å². The number of benzene rings is 1. The molecule has 0 unspecified atom stereocenters. The second-order valence-electron chi connectivity index (χ2n) is 6.56. The van der Waals surface area contributed by atoms with Gasteiger partial charge in [-0.15, -0.1) is 0 Å². The highest BCUT2D eigenvalue weighted by atomic mass is 19.1.